The number of Topliss-reactive ketones (excluding diaryl/α,β-unsaturated/α-hetero) is 1. The van der Waals surface area contributed by atoms with Crippen LogP contribution < -0.4 is 0 Å². The Morgan fingerprint density at radius 3 is 2.44 bits per heavy atom. The quantitative estimate of drug-likeness (QED) is 0.349. The van der Waals surface area contributed by atoms with Crippen molar-refractivity contribution in [3.63, 3.8) is 0 Å². The largest absolute Gasteiger partial charge is 0.469 e. The van der Waals surface area contributed by atoms with Crippen LogP contribution >= 0.6 is 0 Å². The summed E-state index contributed by atoms with van der Waals surface area (Å²) < 4.78 is 38.2. The highest BCUT2D eigenvalue weighted by Gasteiger charge is 2.74. The smallest absolute Gasteiger partial charge is 0.312 e. The van der Waals surface area contributed by atoms with Gasteiger partial charge in [0, 0.05) is 0 Å². The van der Waals surface area contributed by atoms with E-state index in [0.29, 0.717) is 31.3 Å². The first-order chi connectivity index (χ1) is 16.0. The van der Waals surface area contributed by atoms with Crippen molar-refractivity contribution in [2.75, 3.05) is 7.11 Å². The number of hydrogen-bond acceptors (Lipinski definition) is 6. The Morgan fingerprint density at radius 1 is 1.06 bits per heavy atom. The van der Waals surface area contributed by atoms with Crippen LogP contribution in [0.1, 0.15) is 58.8 Å². The number of methoxy groups -OCH3 is 1. The molecule has 0 aliphatic heterocycles. The summed E-state index contributed by atoms with van der Waals surface area (Å²) in [6.07, 6.45) is 3.88. The normalized spacial score (nSPS) is 38.7. The molecule has 0 amide bonds. The average molecular weight is 487 g/mol. The zero-order valence-corrected chi connectivity index (χ0v) is 21.0. The Labute approximate surface area is 202 Å². The molecule has 2 bridgehead atoms. The van der Waals surface area contributed by atoms with Crippen LogP contribution in [-0.4, -0.2) is 33.4 Å². The number of rotatable bonds is 4. The van der Waals surface area contributed by atoms with E-state index in [1.54, 1.807) is 18.2 Å². The maximum atomic E-state index is 13.9. The summed E-state index contributed by atoms with van der Waals surface area (Å²) in [5.74, 6) is -0.814. The van der Waals surface area contributed by atoms with Gasteiger partial charge in [-0.3, -0.25) is 13.8 Å². The first kappa shape index (κ1) is 23.7. The third-order valence-corrected chi connectivity index (χ3v) is 11.1. The molecule has 5 aliphatic carbocycles. The van der Waals surface area contributed by atoms with Crippen molar-refractivity contribution in [1.82, 2.24) is 0 Å². The van der Waals surface area contributed by atoms with Crippen LogP contribution in [0, 0.1) is 34.0 Å². The molecule has 0 saturated heterocycles. The molecule has 0 heterocycles. The molecule has 6 rings (SSSR count). The van der Waals surface area contributed by atoms with Crippen LogP contribution in [-0.2, 0) is 28.6 Å². The van der Waals surface area contributed by atoms with Crippen LogP contribution in [0.25, 0.3) is 0 Å². The summed E-state index contributed by atoms with van der Waals surface area (Å²) in [7, 11) is -2.68. The Kier molecular flexibility index (Phi) is 5.41. The van der Waals surface area contributed by atoms with Gasteiger partial charge in [-0.05, 0) is 79.4 Å². The highest BCUT2D eigenvalue weighted by molar-refractivity contribution is 7.86. The summed E-state index contributed by atoms with van der Waals surface area (Å²) in [4.78, 5) is 27.6. The number of ether oxygens (including phenoxy) is 1. The second-order valence-corrected chi connectivity index (χ2v) is 13.0. The Morgan fingerprint density at radius 2 is 1.76 bits per heavy atom. The second kappa shape index (κ2) is 7.76. The number of benzene rings is 1. The van der Waals surface area contributed by atoms with Gasteiger partial charge < -0.3 is 4.74 Å². The lowest BCUT2D eigenvalue weighted by Crippen LogP contribution is -2.71. The Bertz CT molecular complexity index is 1140. The number of ketones is 1. The molecule has 0 aromatic heterocycles. The summed E-state index contributed by atoms with van der Waals surface area (Å²) >= 11 is 0. The second-order valence-electron chi connectivity index (χ2n) is 11.4. The zero-order chi connectivity index (χ0) is 24.5. The van der Waals surface area contributed by atoms with Crippen molar-refractivity contribution in [3.05, 3.63) is 42.5 Å². The van der Waals surface area contributed by atoms with E-state index in [1.807, 2.05) is 0 Å². The van der Waals surface area contributed by atoms with Gasteiger partial charge in [0.25, 0.3) is 10.1 Å². The lowest BCUT2D eigenvalue weighted by atomic mass is 9.35. The van der Waals surface area contributed by atoms with Crippen molar-refractivity contribution < 1.29 is 26.9 Å². The average Bonchev–Trinajstić information content (AvgIpc) is 2.82. The van der Waals surface area contributed by atoms with Crippen LogP contribution in [0.5, 0.6) is 0 Å². The predicted molar refractivity (Wildman–Crippen MR) is 126 cm³/mol. The van der Waals surface area contributed by atoms with Crippen LogP contribution in [0.15, 0.2) is 47.4 Å². The number of carbonyl (C=O) groups is 2. The van der Waals surface area contributed by atoms with Crippen LogP contribution in [0.4, 0.5) is 0 Å². The van der Waals surface area contributed by atoms with Gasteiger partial charge in [0.1, 0.15) is 0 Å². The topological polar surface area (TPSA) is 86.7 Å². The molecule has 7 heteroatoms. The van der Waals surface area contributed by atoms with Crippen LogP contribution in [0.2, 0.25) is 0 Å². The van der Waals surface area contributed by atoms with Gasteiger partial charge >= 0.3 is 5.97 Å². The fourth-order valence-corrected chi connectivity index (χ4v) is 9.38. The predicted octanol–water partition coefficient (Wildman–Crippen LogP) is 4.69. The van der Waals surface area contributed by atoms with E-state index in [0.717, 1.165) is 19.3 Å². The number of fused-ring (bicyclic) bond motifs is 3. The molecule has 0 radical (unpaired) electrons. The highest BCUT2D eigenvalue weighted by atomic mass is 32.2. The fourth-order valence-electron chi connectivity index (χ4n) is 8.22. The van der Waals surface area contributed by atoms with Crippen molar-refractivity contribution in [2.45, 2.75) is 69.8 Å². The van der Waals surface area contributed by atoms with E-state index in [2.05, 4.69) is 20.4 Å². The van der Waals surface area contributed by atoms with E-state index >= 15 is 0 Å². The maximum Gasteiger partial charge on any atom is 0.312 e. The summed E-state index contributed by atoms with van der Waals surface area (Å²) in [5, 5.41) is 0. The number of esters is 1. The number of carbonyl (C=O) groups excluding carboxylic acids is 2. The third-order valence-electron chi connectivity index (χ3n) is 9.72. The lowest BCUT2D eigenvalue weighted by molar-refractivity contribution is -0.223. The van der Waals surface area contributed by atoms with Gasteiger partial charge in [-0.25, -0.2) is 0 Å². The minimum absolute atomic E-state index is 0.0241. The van der Waals surface area contributed by atoms with E-state index in [-0.39, 0.29) is 39.8 Å². The van der Waals surface area contributed by atoms with E-state index in [1.165, 1.54) is 19.2 Å². The summed E-state index contributed by atoms with van der Waals surface area (Å²) in [6.45, 7) is 8.40. The zero-order valence-electron chi connectivity index (χ0n) is 20.2. The molecule has 5 fully saturated rings. The molecule has 0 N–H and O–H groups in total. The summed E-state index contributed by atoms with van der Waals surface area (Å²) in [6, 6.07) is 8.08. The molecular formula is C27H34O6S. The number of hydrogen-bond donors (Lipinski definition) is 0. The lowest BCUT2D eigenvalue weighted by Gasteiger charge is -2.67. The van der Waals surface area contributed by atoms with Gasteiger partial charge in [0.2, 0.25) is 0 Å². The fraction of sp³-hybridized carbons (Fsp3) is 0.630. The molecule has 1 aromatic carbocycles. The van der Waals surface area contributed by atoms with E-state index < -0.39 is 27.1 Å². The van der Waals surface area contributed by atoms with E-state index in [9.17, 15) is 18.0 Å². The third kappa shape index (κ3) is 3.05. The monoisotopic (exact) mass is 486 g/mol. The van der Waals surface area contributed by atoms with Crippen molar-refractivity contribution in [1.29, 1.82) is 0 Å². The minimum Gasteiger partial charge on any atom is -0.469 e. The molecule has 6 nitrogen and oxygen atoms in total. The van der Waals surface area contributed by atoms with Crippen LogP contribution in [0.3, 0.4) is 0 Å². The molecule has 6 atom stereocenters. The van der Waals surface area contributed by atoms with Gasteiger partial charge in [-0.2, -0.15) is 8.42 Å². The van der Waals surface area contributed by atoms with Gasteiger partial charge in [-0.15, -0.1) is 0 Å². The molecule has 5 aliphatic rings. The van der Waals surface area contributed by atoms with Gasteiger partial charge in [-0.1, -0.05) is 45.0 Å². The standard InChI is InChI=1S/C27H34O6S/c1-17-18-11-14-27(23(17)28)21(15-18)26(24(29)32-4)13-8-12-25(2,3)20(26)16-22(27)33-34(30,31)19-9-6-5-7-10-19/h5-7,9-10,18,20-22H,1,8,11-16H2,2-4H3/t18-,20?,21?,22+,26?,27+/m0/s1. The van der Waals surface area contributed by atoms with Crippen molar-refractivity contribution >= 4 is 21.9 Å². The first-order valence-electron chi connectivity index (χ1n) is 12.3. The molecule has 1 spiro atoms. The number of allylic oxidation sites excluding steroid dienone is 1. The highest BCUT2D eigenvalue weighted by Crippen LogP contribution is 2.72. The first-order valence-corrected chi connectivity index (χ1v) is 13.7. The maximum absolute atomic E-state index is 13.9. The minimum atomic E-state index is -4.10. The van der Waals surface area contributed by atoms with Gasteiger partial charge in [0.15, 0.2) is 5.78 Å². The molecule has 34 heavy (non-hydrogen) atoms. The molecule has 3 unspecified atom stereocenters. The molecule has 184 valence electrons. The van der Waals surface area contributed by atoms with Crippen molar-refractivity contribution in [2.24, 2.45) is 34.0 Å². The Hall–Kier alpha value is -1.99. The van der Waals surface area contributed by atoms with Crippen molar-refractivity contribution in [3.8, 4) is 0 Å². The SMILES string of the molecule is C=C1C(=O)[C@]23CC[C@H]1CC2C1(C(=O)OC)CCCC(C)(C)C1C[C@H]3OS(=O)(=O)c1ccccc1. The molecular weight excluding hydrogens is 452 g/mol. The van der Waals surface area contributed by atoms with Gasteiger partial charge in [0.05, 0.1) is 28.9 Å². The Balaban J connectivity index is 1.68. The van der Waals surface area contributed by atoms with E-state index in [4.69, 9.17) is 8.92 Å². The molecule has 1 aromatic rings. The molecule has 5 saturated carbocycles. The summed E-state index contributed by atoms with van der Waals surface area (Å²) in [5.41, 5.74) is -1.56.